The third kappa shape index (κ3) is 3.58. The molecule has 1 aliphatic rings. The van der Waals surface area contributed by atoms with Crippen molar-refractivity contribution in [1.82, 2.24) is 4.90 Å². The summed E-state index contributed by atoms with van der Waals surface area (Å²) in [7, 11) is 0. The van der Waals surface area contributed by atoms with E-state index in [0.29, 0.717) is 6.54 Å². The zero-order valence-electron chi connectivity index (χ0n) is 10.8. The Balaban J connectivity index is 1.90. The van der Waals surface area contributed by atoms with Crippen molar-refractivity contribution in [3.05, 3.63) is 23.7 Å². The molecule has 0 amide bonds. The smallest absolute Gasteiger partial charge is 0.374 e. The van der Waals surface area contributed by atoms with Crippen molar-refractivity contribution in [2.24, 2.45) is 0 Å². The van der Waals surface area contributed by atoms with Crippen LogP contribution in [0.1, 0.15) is 30.2 Å². The number of ether oxygens (including phenoxy) is 2. The minimum absolute atomic E-state index is 0.134. The Bertz CT molecular complexity index is 393. The highest BCUT2D eigenvalue weighted by atomic mass is 16.6. The minimum Gasteiger partial charge on any atom is -0.457 e. The highest BCUT2D eigenvalue weighted by molar-refractivity contribution is 5.86. The topological polar surface area (TPSA) is 51.9 Å². The first-order chi connectivity index (χ1) is 8.65. The summed E-state index contributed by atoms with van der Waals surface area (Å²) in [5, 5.41) is 0. The number of hydrogen-bond donors (Lipinski definition) is 0. The molecule has 0 saturated carbocycles. The highest BCUT2D eigenvalue weighted by Crippen LogP contribution is 2.13. The first kappa shape index (κ1) is 13.1. The zero-order valence-corrected chi connectivity index (χ0v) is 10.8. The van der Waals surface area contributed by atoms with E-state index in [1.807, 2.05) is 19.9 Å². The Morgan fingerprint density at radius 3 is 2.78 bits per heavy atom. The summed E-state index contributed by atoms with van der Waals surface area (Å²) in [4.78, 5) is 13.8. The van der Waals surface area contributed by atoms with E-state index < -0.39 is 5.97 Å². The number of hydrogen-bond acceptors (Lipinski definition) is 5. The molecule has 1 fully saturated rings. The molecule has 0 bridgehead atoms. The molecule has 2 heterocycles. The number of carbonyl (C=O) groups excluding carboxylic acids is 1. The van der Waals surface area contributed by atoms with Crippen molar-refractivity contribution in [2.45, 2.75) is 26.5 Å². The molecule has 0 radical (unpaired) electrons. The molecule has 1 saturated heterocycles. The van der Waals surface area contributed by atoms with Crippen molar-refractivity contribution in [3.63, 3.8) is 0 Å². The average Bonchev–Trinajstić information content (AvgIpc) is 2.78. The van der Waals surface area contributed by atoms with Gasteiger partial charge in [0.2, 0.25) is 5.76 Å². The van der Waals surface area contributed by atoms with Gasteiger partial charge in [0.05, 0.1) is 25.9 Å². The normalized spacial score (nSPS) is 17.1. The lowest BCUT2D eigenvalue weighted by Crippen LogP contribution is -2.35. The van der Waals surface area contributed by atoms with Crippen LogP contribution < -0.4 is 0 Å². The van der Waals surface area contributed by atoms with Gasteiger partial charge >= 0.3 is 5.97 Å². The molecule has 2 rings (SSSR count). The van der Waals surface area contributed by atoms with Crippen LogP contribution >= 0.6 is 0 Å². The maximum atomic E-state index is 11.6. The Kier molecular flexibility index (Phi) is 4.38. The standard InChI is InChI=1S/C13H19NO4/c1-10(2)17-13(15)12-4-3-11(18-12)9-14-5-7-16-8-6-14/h3-4,10H,5-9H2,1-2H3. The van der Waals surface area contributed by atoms with Crippen LogP contribution in [0.4, 0.5) is 0 Å². The number of furan rings is 1. The molecular formula is C13H19NO4. The maximum Gasteiger partial charge on any atom is 0.374 e. The van der Waals surface area contributed by atoms with Crippen LogP contribution in [-0.2, 0) is 16.0 Å². The second kappa shape index (κ2) is 6.02. The lowest BCUT2D eigenvalue weighted by molar-refractivity contribution is 0.0282. The fourth-order valence-electron chi connectivity index (χ4n) is 1.82. The van der Waals surface area contributed by atoms with E-state index in [1.165, 1.54) is 0 Å². The SMILES string of the molecule is CC(C)OC(=O)c1ccc(CN2CCOCC2)o1. The van der Waals surface area contributed by atoms with Crippen LogP contribution in [0, 0.1) is 0 Å². The van der Waals surface area contributed by atoms with Crippen molar-refractivity contribution in [1.29, 1.82) is 0 Å². The Hall–Kier alpha value is -1.33. The predicted octanol–water partition coefficient (Wildman–Crippen LogP) is 1.68. The Labute approximate surface area is 107 Å². The van der Waals surface area contributed by atoms with Gasteiger partial charge in [0.25, 0.3) is 0 Å². The average molecular weight is 253 g/mol. The molecule has 1 aromatic heterocycles. The molecule has 0 spiro atoms. The molecule has 18 heavy (non-hydrogen) atoms. The number of morpholine rings is 1. The molecule has 0 aliphatic carbocycles. The third-order valence-electron chi connectivity index (χ3n) is 2.69. The molecule has 0 unspecified atom stereocenters. The van der Waals surface area contributed by atoms with E-state index in [4.69, 9.17) is 13.9 Å². The van der Waals surface area contributed by atoms with Crippen LogP contribution in [-0.4, -0.2) is 43.3 Å². The van der Waals surface area contributed by atoms with Crippen LogP contribution in [0.25, 0.3) is 0 Å². The summed E-state index contributed by atoms with van der Waals surface area (Å²) in [6.07, 6.45) is -0.134. The molecular weight excluding hydrogens is 234 g/mol. The molecule has 1 aromatic rings. The van der Waals surface area contributed by atoms with Gasteiger partial charge in [-0.2, -0.15) is 0 Å². The molecule has 5 heteroatoms. The van der Waals surface area contributed by atoms with Gasteiger partial charge in [-0.1, -0.05) is 0 Å². The van der Waals surface area contributed by atoms with Crippen LogP contribution in [0.15, 0.2) is 16.5 Å². The third-order valence-corrected chi connectivity index (χ3v) is 2.69. The first-order valence-electron chi connectivity index (χ1n) is 6.25. The number of carbonyl (C=O) groups is 1. The van der Waals surface area contributed by atoms with E-state index in [-0.39, 0.29) is 11.9 Å². The van der Waals surface area contributed by atoms with Crippen molar-refractivity contribution in [2.75, 3.05) is 26.3 Å². The lowest BCUT2D eigenvalue weighted by atomic mass is 10.3. The Morgan fingerprint density at radius 1 is 1.39 bits per heavy atom. The van der Waals surface area contributed by atoms with Gasteiger partial charge in [-0.3, -0.25) is 4.90 Å². The second-order valence-electron chi connectivity index (χ2n) is 4.61. The predicted molar refractivity (Wildman–Crippen MR) is 65.4 cm³/mol. The minimum atomic E-state index is -0.404. The summed E-state index contributed by atoms with van der Waals surface area (Å²) in [6, 6.07) is 3.49. The van der Waals surface area contributed by atoms with Crippen LogP contribution in [0.3, 0.4) is 0 Å². The number of esters is 1. The van der Waals surface area contributed by atoms with E-state index >= 15 is 0 Å². The van der Waals surface area contributed by atoms with Gasteiger partial charge in [-0.25, -0.2) is 4.79 Å². The quantitative estimate of drug-likeness (QED) is 0.764. The summed E-state index contributed by atoms with van der Waals surface area (Å²) < 4.78 is 15.8. The van der Waals surface area contributed by atoms with E-state index in [1.54, 1.807) is 6.07 Å². The van der Waals surface area contributed by atoms with Gasteiger partial charge in [0.1, 0.15) is 5.76 Å². The molecule has 0 N–H and O–H groups in total. The van der Waals surface area contributed by atoms with Gasteiger partial charge < -0.3 is 13.9 Å². The van der Waals surface area contributed by atoms with E-state index in [9.17, 15) is 4.79 Å². The fraction of sp³-hybridized carbons (Fsp3) is 0.615. The molecule has 0 atom stereocenters. The summed E-state index contributed by atoms with van der Waals surface area (Å²) in [5.41, 5.74) is 0. The van der Waals surface area contributed by atoms with Gasteiger partial charge in [-0.05, 0) is 26.0 Å². The van der Waals surface area contributed by atoms with Gasteiger partial charge in [0, 0.05) is 13.1 Å². The monoisotopic (exact) mass is 253 g/mol. The molecule has 100 valence electrons. The van der Waals surface area contributed by atoms with Gasteiger partial charge in [-0.15, -0.1) is 0 Å². The van der Waals surface area contributed by atoms with Crippen molar-refractivity contribution in [3.8, 4) is 0 Å². The van der Waals surface area contributed by atoms with E-state index in [2.05, 4.69) is 4.90 Å². The van der Waals surface area contributed by atoms with Crippen LogP contribution in [0.2, 0.25) is 0 Å². The summed E-state index contributed by atoms with van der Waals surface area (Å²) >= 11 is 0. The van der Waals surface area contributed by atoms with Crippen molar-refractivity contribution < 1.29 is 18.7 Å². The second-order valence-corrected chi connectivity index (χ2v) is 4.61. The Morgan fingerprint density at radius 2 is 2.11 bits per heavy atom. The molecule has 5 nitrogen and oxygen atoms in total. The van der Waals surface area contributed by atoms with Crippen molar-refractivity contribution >= 4 is 5.97 Å². The van der Waals surface area contributed by atoms with Gasteiger partial charge in [0.15, 0.2) is 0 Å². The lowest BCUT2D eigenvalue weighted by Gasteiger charge is -2.25. The van der Waals surface area contributed by atoms with E-state index in [0.717, 1.165) is 32.1 Å². The first-order valence-corrected chi connectivity index (χ1v) is 6.25. The summed E-state index contributed by atoms with van der Waals surface area (Å²) in [5.74, 6) is 0.651. The molecule has 1 aliphatic heterocycles. The summed E-state index contributed by atoms with van der Waals surface area (Å²) in [6.45, 7) is 7.63. The zero-order chi connectivity index (χ0) is 13.0. The van der Waals surface area contributed by atoms with Crippen LogP contribution in [0.5, 0.6) is 0 Å². The molecule has 0 aromatic carbocycles. The number of rotatable bonds is 4. The number of nitrogens with zero attached hydrogens (tertiary/aromatic N) is 1. The highest BCUT2D eigenvalue weighted by Gasteiger charge is 2.16. The maximum absolute atomic E-state index is 11.6. The largest absolute Gasteiger partial charge is 0.457 e. The fourth-order valence-corrected chi connectivity index (χ4v) is 1.82.